The maximum Gasteiger partial charge on any atom is 0.325 e. The maximum atomic E-state index is 12.2. The molecule has 0 bridgehead atoms. The zero-order valence-electron chi connectivity index (χ0n) is 10.8. The summed E-state index contributed by atoms with van der Waals surface area (Å²) in [6.07, 6.45) is 3.50. The van der Waals surface area contributed by atoms with Crippen LogP contribution in [0.2, 0.25) is 0 Å². The highest BCUT2D eigenvalue weighted by atomic mass is 16.5. The van der Waals surface area contributed by atoms with Crippen molar-refractivity contribution in [3.63, 3.8) is 0 Å². The molecule has 0 unspecified atom stereocenters. The monoisotopic (exact) mass is 261 g/mol. The molecule has 0 aromatic heterocycles. The average molecular weight is 261 g/mol. The third kappa shape index (κ3) is 4.06. The van der Waals surface area contributed by atoms with Crippen LogP contribution in [0, 0.1) is 0 Å². The van der Waals surface area contributed by atoms with Gasteiger partial charge in [0.15, 0.2) is 0 Å². The first-order valence-corrected chi connectivity index (χ1v) is 5.63. The first-order chi connectivity index (χ1) is 9.10. The lowest BCUT2D eigenvalue weighted by Crippen LogP contribution is -2.33. The van der Waals surface area contributed by atoms with Crippen LogP contribution in [0.4, 0.5) is 0 Å². The maximum absolute atomic E-state index is 12.2. The van der Waals surface area contributed by atoms with Gasteiger partial charge in [-0.05, 0) is 17.7 Å². The van der Waals surface area contributed by atoms with E-state index in [-0.39, 0.29) is 12.5 Å². The molecule has 5 heteroatoms. The largest absolute Gasteiger partial charge is 0.468 e. The standard InChI is InChI=1S/C14H15NO4/c1-15(10-13(17)19-2)14(18)12-8-4-3-6-11(12)7-5-9-16/h3-9H,10H2,1-2H3/b7-5+. The van der Waals surface area contributed by atoms with Gasteiger partial charge in [0.2, 0.25) is 0 Å². The first kappa shape index (κ1) is 14.6. The molecule has 0 aliphatic heterocycles. The van der Waals surface area contributed by atoms with E-state index in [0.29, 0.717) is 17.4 Å². The van der Waals surface area contributed by atoms with Crippen molar-refractivity contribution in [2.24, 2.45) is 0 Å². The van der Waals surface area contributed by atoms with Crippen molar-refractivity contribution < 1.29 is 19.1 Å². The second kappa shape index (κ2) is 7.10. The molecule has 1 aromatic carbocycles. The molecule has 0 atom stereocenters. The highest BCUT2D eigenvalue weighted by Crippen LogP contribution is 2.12. The van der Waals surface area contributed by atoms with Gasteiger partial charge in [0, 0.05) is 12.6 Å². The molecule has 1 rings (SSSR count). The van der Waals surface area contributed by atoms with Gasteiger partial charge in [-0.2, -0.15) is 0 Å². The third-order valence-corrected chi connectivity index (χ3v) is 2.49. The topological polar surface area (TPSA) is 63.7 Å². The number of esters is 1. The summed E-state index contributed by atoms with van der Waals surface area (Å²) in [5, 5.41) is 0. The van der Waals surface area contributed by atoms with Crippen molar-refractivity contribution in [1.82, 2.24) is 4.90 Å². The van der Waals surface area contributed by atoms with Crippen LogP contribution in [-0.2, 0) is 14.3 Å². The number of ether oxygens (including phenoxy) is 1. The van der Waals surface area contributed by atoms with E-state index in [9.17, 15) is 14.4 Å². The van der Waals surface area contributed by atoms with Crippen LogP contribution in [0.25, 0.3) is 6.08 Å². The number of allylic oxidation sites excluding steroid dienone is 1. The summed E-state index contributed by atoms with van der Waals surface area (Å²) in [6, 6.07) is 6.85. The molecule has 0 aliphatic rings. The molecular weight excluding hydrogens is 246 g/mol. The van der Waals surface area contributed by atoms with Crippen LogP contribution in [0.1, 0.15) is 15.9 Å². The summed E-state index contributed by atoms with van der Waals surface area (Å²) in [4.78, 5) is 34.9. The number of methoxy groups -OCH3 is 1. The van der Waals surface area contributed by atoms with Crippen molar-refractivity contribution in [2.75, 3.05) is 20.7 Å². The number of benzene rings is 1. The lowest BCUT2D eigenvalue weighted by Gasteiger charge is -2.16. The Balaban J connectivity index is 2.95. The Kier molecular flexibility index (Phi) is 5.47. The van der Waals surface area contributed by atoms with Crippen molar-refractivity contribution >= 4 is 24.2 Å². The Morgan fingerprint density at radius 1 is 1.32 bits per heavy atom. The molecule has 1 aromatic rings. The molecule has 19 heavy (non-hydrogen) atoms. The Morgan fingerprint density at radius 2 is 2.00 bits per heavy atom. The fourth-order valence-corrected chi connectivity index (χ4v) is 1.52. The Morgan fingerprint density at radius 3 is 2.63 bits per heavy atom. The summed E-state index contributed by atoms with van der Waals surface area (Å²) in [7, 11) is 2.78. The van der Waals surface area contributed by atoms with Crippen LogP contribution in [-0.4, -0.2) is 43.8 Å². The number of likely N-dealkylation sites (N-methyl/N-ethyl adjacent to an activating group) is 1. The fourth-order valence-electron chi connectivity index (χ4n) is 1.52. The molecule has 0 aliphatic carbocycles. The van der Waals surface area contributed by atoms with Gasteiger partial charge >= 0.3 is 5.97 Å². The summed E-state index contributed by atoms with van der Waals surface area (Å²) in [5.41, 5.74) is 1.04. The van der Waals surface area contributed by atoms with Gasteiger partial charge in [0.25, 0.3) is 5.91 Å². The molecule has 0 heterocycles. The van der Waals surface area contributed by atoms with E-state index >= 15 is 0 Å². The van der Waals surface area contributed by atoms with Crippen molar-refractivity contribution in [3.05, 3.63) is 41.5 Å². The predicted octanol–water partition coefficient (Wildman–Crippen LogP) is 1.14. The van der Waals surface area contributed by atoms with E-state index in [2.05, 4.69) is 4.74 Å². The zero-order chi connectivity index (χ0) is 14.3. The Bertz CT molecular complexity index is 508. The smallest absolute Gasteiger partial charge is 0.325 e. The predicted molar refractivity (Wildman–Crippen MR) is 70.5 cm³/mol. The summed E-state index contributed by atoms with van der Waals surface area (Å²) in [6.45, 7) is -0.124. The van der Waals surface area contributed by atoms with E-state index in [0.717, 1.165) is 0 Å². The quantitative estimate of drug-likeness (QED) is 0.453. The highest BCUT2D eigenvalue weighted by Gasteiger charge is 2.16. The van der Waals surface area contributed by atoms with Gasteiger partial charge in [0.05, 0.1) is 7.11 Å². The second-order valence-corrected chi connectivity index (χ2v) is 3.82. The van der Waals surface area contributed by atoms with E-state index in [4.69, 9.17) is 0 Å². The van der Waals surface area contributed by atoms with Crippen LogP contribution < -0.4 is 0 Å². The van der Waals surface area contributed by atoms with Gasteiger partial charge in [-0.15, -0.1) is 0 Å². The zero-order valence-corrected chi connectivity index (χ0v) is 10.8. The molecule has 0 N–H and O–H groups in total. The van der Waals surface area contributed by atoms with E-state index in [1.54, 1.807) is 30.3 Å². The van der Waals surface area contributed by atoms with E-state index in [1.807, 2.05) is 0 Å². The molecule has 100 valence electrons. The van der Waals surface area contributed by atoms with Crippen molar-refractivity contribution in [3.8, 4) is 0 Å². The second-order valence-electron chi connectivity index (χ2n) is 3.82. The number of aldehydes is 1. The number of hydrogen-bond donors (Lipinski definition) is 0. The van der Waals surface area contributed by atoms with Crippen molar-refractivity contribution in [2.45, 2.75) is 0 Å². The number of amides is 1. The number of hydrogen-bond acceptors (Lipinski definition) is 4. The number of carbonyl (C=O) groups excluding carboxylic acids is 3. The van der Waals surface area contributed by atoms with Crippen LogP contribution in [0.15, 0.2) is 30.3 Å². The van der Waals surface area contributed by atoms with Crippen LogP contribution in [0.5, 0.6) is 0 Å². The normalized spacial score (nSPS) is 10.2. The Labute approximate surface area is 111 Å². The lowest BCUT2D eigenvalue weighted by atomic mass is 10.1. The molecule has 0 saturated carbocycles. The average Bonchev–Trinajstić information content (AvgIpc) is 2.44. The fraction of sp³-hybridized carbons (Fsp3) is 0.214. The summed E-state index contributed by atoms with van der Waals surface area (Å²) >= 11 is 0. The molecular formula is C14H15NO4. The minimum Gasteiger partial charge on any atom is -0.468 e. The minimum atomic E-state index is -0.489. The summed E-state index contributed by atoms with van der Waals surface area (Å²) < 4.78 is 4.51. The molecule has 5 nitrogen and oxygen atoms in total. The number of nitrogens with zero attached hydrogens (tertiary/aromatic N) is 1. The molecule has 1 amide bonds. The van der Waals surface area contributed by atoms with Gasteiger partial charge in [-0.3, -0.25) is 14.4 Å². The van der Waals surface area contributed by atoms with Crippen LogP contribution in [0.3, 0.4) is 0 Å². The van der Waals surface area contributed by atoms with Crippen LogP contribution >= 0.6 is 0 Å². The molecule has 0 fully saturated rings. The third-order valence-electron chi connectivity index (χ3n) is 2.49. The molecule has 0 radical (unpaired) electrons. The van der Waals surface area contributed by atoms with Gasteiger partial charge < -0.3 is 9.64 Å². The number of carbonyl (C=O) groups is 3. The summed E-state index contributed by atoms with van der Waals surface area (Å²) in [5.74, 6) is -0.798. The Hall–Kier alpha value is -2.43. The van der Waals surface area contributed by atoms with Gasteiger partial charge in [-0.25, -0.2) is 0 Å². The number of rotatable bonds is 5. The van der Waals surface area contributed by atoms with E-state index in [1.165, 1.54) is 25.1 Å². The highest BCUT2D eigenvalue weighted by molar-refractivity contribution is 5.99. The molecule has 0 spiro atoms. The molecule has 0 saturated heterocycles. The van der Waals surface area contributed by atoms with Gasteiger partial charge in [-0.1, -0.05) is 24.3 Å². The minimum absolute atomic E-state index is 0.124. The van der Waals surface area contributed by atoms with E-state index < -0.39 is 5.97 Å². The lowest BCUT2D eigenvalue weighted by molar-refractivity contribution is -0.141. The first-order valence-electron chi connectivity index (χ1n) is 5.63. The van der Waals surface area contributed by atoms with Gasteiger partial charge in [0.1, 0.15) is 12.8 Å². The van der Waals surface area contributed by atoms with Crippen molar-refractivity contribution in [1.29, 1.82) is 0 Å². The SMILES string of the molecule is COC(=O)CN(C)C(=O)c1ccccc1/C=C/C=O.